The summed E-state index contributed by atoms with van der Waals surface area (Å²) in [6, 6.07) is 14.0. The van der Waals surface area contributed by atoms with Crippen LogP contribution in [0.1, 0.15) is 11.1 Å². The van der Waals surface area contributed by atoms with Crippen molar-refractivity contribution in [2.45, 2.75) is 13.5 Å². The van der Waals surface area contributed by atoms with Crippen molar-refractivity contribution in [1.82, 2.24) is 0 Å². The van der Waals surface area contributed by atoms with Crippen molar-refractivity contribution in [3.05, 3.63) is 58.6 Å². The number of halogens is 1. The second-order valence-electron chi connectivity index (χ2n) is 4.49. The first-order valence-electron chi connectivity index (χ1n) is 5.88. The highest BCUT2D eigenvalue weighted by Gasteiger charge is 2.06. The molecule has 0 atom stereocenters. The quantitative estimate of drug-likeness (QED) is 0.849. The van der Waals surface area contributed by atoms with E-state index in [1.165, 1.54) is 0 Å². The SMILES string of the molecule is Cc1cc(N(C)Cc2ccccc2Cl)ccc1N. The minimum Gasteiger partial charge on any atom is -0.399 e. The van der Waals surface area contributed by atoms with E-state index < -0.39 is 0 Å². The Morgan fingerprint density at radius 1 is 1.17 bits per heavy atom. The van der Waals surface area contributed by atoms with Crippen LogP contribution >= 0.6 is 11.6 Å². The van der Waals surface area contributed by atoms with Crippen molar-refractivity contribution in [2.75, 3.05) is 17.7 Å². The molecule has 0 spiro atoms. The molecule has 0 fully saturated rings. The molecule has 0 saturated heterocycles. The van der Waals surface area contributed by atoms with Gasteiger partial charge in [0.2, 0.25) is 0 Å². The van der Waals surface area contributed by atoms with E-state index in [2.05, 4.69) is 11.0 Å². The Balaban J connectivity index is 2.19. The van der Waals surface area contributed by atoms with Crippen LogP contribution in [0, 0.1) is 6.92 Å². The molecule has 0 bridgehead atoms. The zero-order valence-corrected chi connectivity index (χ0v) is 11.4. The van der Waals surface area contributed by atoms with Crippen molar-refractivity contribution in [2.24, 2.45) is 0 Å². The predicted octanol–water partition coefficient (Wildman–Crippen LogP) is 3.87. The topological polar surface area (TPSA) is 29.3 Å². The fraction of sp³-hybridized carbons (Fsp3) is 0.200. The smallest absolute Gasteiger partial charge is 0.0455 e. The van der Waals surface area contributed by atoms with E-state index in [1.807, 2.05) is 50.4 Å². The second kappa shape index (κ2) is 5.32. The van der Waals surface area contributed by atoms with Gasteiger partial charge in [0.1, 0.15) is 0 Å². The van der Waals surface area contributed by atoms with Crippen LogP contribution in [-0.2, 0) is 6.54 Å². The molecule has 2 N–H and O–H groups in total. The van der Waals surface area contributed by atoms with Crippen LogP contribution < -0.4 is 10.6 Å². The first-order valence-corrected chi connectivity index (χ1v) is 6.26. The molecule has 0 aromatic heterocycles. The molecule has 0 unspecified atom stereocenters. The van der Waals surface area contributed by atoms with Crippen molar-refractivity contribution < 1.29 is 0 Å². The van der Waals surface area contributed by atoms with Gasteiger partial charge in [-0.05, 0) is 42.3 Å². The molecule has 94 valence electrons. The first kappa shape index (κ1) is 12.8. The fourth-order valence-corrected chi connectivity index (χ4v) is 2.07. The lowest BCUT2D eigenvalue weighted by atomic mass is 10.1. The second-order valence-corrected chi connectivity index (χ2v) is 4.90. The van der Waals surface area contributed by atoms with Gasteiger partial charge in [-0.2, -0.15) is 0 Å². The van der Waals surface area contributed by atoms with Crippen LogP contribution in [0.15, 0.2) is 42.5 Å². The molecule has 2 aromatic carbocycles. The Kier molecular flexibility index (Phi) is 3.78. The van der Waals surface area contributed by atoms with Gasteiger partial charge < -0.3 is 10.6 Å². The van der Waals surface area contributed by atoms with Gasteiger partial charge in [-0.1, -0.05) is 29.8 Å². The first-order chi connectivity index (χ1) is 8.58. The Labute approximate surface area is 113 Å². The highest BCUT2D eigenvalue weighted by atomic mass is 35.5. The molecule has 18 heavy (non-hydrogen) atoms. The Bertz CT molecular complexity index is 552. The van der Waals surface area contributed by atoms with Gasteiger partial charge >= 0.3 is 0 Å². The third kappa shape index (κ3) is 2.77. The van der Waals surface area contributed by atoms with E-state index in [-0.39, 0.29) is 0 Å². The molecule has 3 heteroatoms. The van der Waals surface area contributed by atoms with E-state index in [0.29, 0.717) is 0 Å². The minimum absolute atomic E-state index is 0.781. The van der Waals surface area contributed by atoms with E-state index in [0.717, 1.165) is 34.1 Å². The number of nitrogen functional groups attached to an aromatic ring is 1. The van der Waals surface area contributed by atoms with Crippen LogP contribution in [0.2, 0.25) is 5.02 Å². The standard InChI is InChI=1S/C15H17ClN2/c1-11-9-13(7-8-15(11)17)18(2)10-12-5-3-4-6-14(12)16/h3-9H,10,17H2,1-2H3. The van der Waals surface area contributed by atoms with Crippen LogP contribution in [-0.4, -0.2) is 7.05 Å². The zero-order valence-electron chi connectivity index (χ0n) is 10.7. The maximum absolute atomic E-state index is 6.17. The van der Waals surface area contributed by atoms with Crippen LogP contribution in [0.3, 0.4) is 0 Å². The van der Waals surface area contributed by atoms with Gasteiger partial charge in [0, 0.05) is 30.0 Å². The van der Waals surface area contributed by atoms with Crippen molar-refractivity contribution in [3.8, 4) is 0 Å². The molecule has 0 heterocycles. The molecule has 0 aliphatic heterocycles. The summed E-state index contributed by atoms with van der Waals surface area (Å²) in [6.07, 6.45) is 0. The van der Waals surface area contributed by atoms with Gasteiger partial charge in [0.05, 0.1) is 0 Å². The number of anilines is 2. The maximum atomic E-state index is 6.17. The summed E-state index contributed by atoms with van der Waals surface area (Å²) in [5.41, 5.74) is 10.0. The zero-order chi connectivity index (χ0) is 13.1. The fourth-order valence-electron chi connectivity index (χ4n) is 1.87. The highest BCUT2D eigenvalue weighted by Crippen LogP contribution is 2.23. The molecule has 0 amide bonds. The lowest BCUT2D eigenvalue weighted by Crippen LogP contribution is -2.16. The van der Waals surface area contributed by atoms with Crippen molar-refractivity contribution in [1.29, 1.82) is 0 Å². The molecular weight excluding hydrogens is 244 g/mol. The predicted molar refractivity (Wildman–Crippen MR) is 79.2 cm³/mol. The van der Waals surface area contributed by atoms with Crippen LogP contribution in [0.5, 0.6) is 0 Å². The van der Waals surface area contributed by atoms with Gasteiger partial charge in [-0.3, -0.25) is 0 Å². The summed E-state index contributed by atoms with van der Waals surface area (Å²) in [7, 11) is 2.05. The summed E-state index contributed by atoms with van der Waals surface area (Å²) in [4.78, 5) is 2.16. The number of aryl methyl sites for hydroxylation is 1. The number of nitrogens with two attached hydrogens (primary N) is 1. The average molecular weight is 261 g/mol. The van der Waals surface area contributed by atoms with E-state index >= 15 is 0 Å². The van der Waals surface area contributed by atoms with Crippen LogP contribution in [0.25, 0.3) is 0 Å². The molecule has 0 saturated carbocycles. The minimum atomic E-state index is 0.781. The van der Waals surface area contributed by atoms with Crippen LogP contribution in [0.4, 0.5) is 11.4 Å². The third-order valence-corrected chi connectivity index (χ3v) is 3.43. The summed E-state index contributed by atoms with van der Waals surface area (Å²) in [6.45, 7) is 2.80. The third-order valence-electron chi connectivity index (χ3n) is 3.06. The molecule has 2 nitrogen and oxygen atoms in total. The molecular formula is C15H17ClN2. The Hall–Kier alpha value is -1.67. The number of nitrogens with zero attached hydrogens (tertiary/aromatic N) is 1. The van der Waals surface area contributed by atoms with Gasteiger partial charge in [-0.15, -0.1) is 0 Å². The molecule has 0 radical (unpaired) electrons. The van der Waals surface area contributed by atoms with Gasteiger partial charge in [-0.25, -0.2) is 0 Å². The molecule has 2 rings (SSSR count). The maximum Gasteiger partial charge on any atom is 0.0455 e. The Morgan fingerprint density at radius 3 is 2.56 bits per heavy atom. The molecule has 0 aliphatic carbocycles. The largest absolute Gasteiger partial charge is 0.399 e. The van der Waals surface area contributed by atoms with E-state index in [4.69, 9.17) is 17.3 Å². The van der Waals surface area contributed by atoms with Crippen molar-refractivity contribution >= 4 is 23.0 Å². The Morgan fingerprint density at radius 2 is 1.89 bits per heavy atom. The summed E-state index contributed by atoms with van der Waals surface area (Å²) in [5, 5.41) is 0.802. The van der Waals surface area contributed by atoms with E-state index in [9.17, 15) is 0 Å². The monoisotopic (exact) mass is 260 g/mol. The van der Waals surface area contributed by atoms with Gasteiger partial charge in [0.15, 0.2) is 0 Å². The number of rotatable bonds is 3. The number of hydrogen-bond acceptors (Lipinski definition) is 2. The molecule has 0 aliphatic rings. The van der Waals surface area contributed by atoms with Gasteiger partial charge in [0.25, 0.3) is 0 Å². The number of hydrogen-bond donors (Lipinski definition) is 1. The van der Waals surface area contributed by atoms with Crippen molar-refractivity contribution in [3.63, 3.8) is 0 Å². The summed E-state index contributed by atoms with van der Waals surface area (Å²) >= 11 is 6.17. The lowest BCUT2D eigenvalue weighted by Gasteiger charge is -2.21. The number of benzene rings is 2. The highest BCUT2D eigenvalue weighted by molar-refractivity contribution is 6.31. The summed E-state index contributed by atoms with van der Waals surface area (Å²) < 4.78 is 0. The van der Waals surface area contributed by atoms with E-state index in [1.54, 1.807) is 0 Å². The lowest BCUT2D eigenvalue weighted by molar-refractivity contribution is 0.922. The average Bonchev–Trinajstić information content (AvgIpc) is 2.35. The summed E-state index contributed by atoms with van der Waals surface area (Å²) in [5.74, 6) is 0. The normalized spacial score (nSPS) is 10.4. The molecule has 2 aromatic rings.